The number of pyridine rings is 1. The van der Waals surface area contributed by atoms with Crippen molar-refractivity contribution in [3.8, 4) is 0 Å². The van der Waals surface area contributed by atoms with E-state index in [4.69, 9.17) is 4.98 Å². The third kappa shape index (κ3) is 3.37. The predicted molar refractivity (Wildman–Crippen MR) is 93.1 cm³/mol. The number of rotatable bonds is 4. The fraction of sp³-hybridized carbons (Fsp3) is 0.471. The van der Waals surface area contributed by atoms with Crippen LogP contribution in [0.1, 0.15) is 48.5 Å². The highest BCUT2D eigenvalue weighted by Crippen LogP contribution is 2.32. The minimum absolute atomic E-state index is 0.101. The largest absolute Gasteiger partial charge is 0.334 e. The molecule has 1 amide bonds. The van der Waals surface area contributed by atoms with Crippen molar-refractivity contribution in [3.63, 3.8) is 0 Å². The summed E-state index contributed by atoms with van der Waals surface area (Å²) in [4.78, 5) is 24.5. The van der Waals surface area contributed by atoms with Gasteiger partial charge in [0.25, 0.3) is 0 Å². The molecule has 1 aliphatic rings. The van der Waals surface area contributed by atoms with E-state index in [1.54, 1.807) is 11.3 Å². The molecule has 2 aromatic rings. The van der Waals surface area contributed by atoms with Crippen LogP contribution in [-0.2, 0) is 4.79 Å². The van der Waals surface area contributed by atoms with Crippen molar-refractivity contribution in [2.24, 2.45) is 0 Å². The summed E-state index contributed by atoms with van der Waals surface area (Å²) in [6.07, 6.45) is 2.57. The van der Waals surface area contributed by atoms with Gasteiger partial charge >= 0.3 is 0 Å². The van der Waals surface area contributed by atoms with Crippen molar-refractivity contribution in [2.75, 3.05) is 11.9 Å². The Kier molecular flexibility index (Phi) is 4.61. The van der Waals surface area contributed by atoms with E-state index < -0.39 is 0 Å². The van der Waals surface area contributed by atoms with Crippen LogP contribution in [0, 0.1) is 13.8 Å². The minimum Gasteiger partial charge on any atom is -0.334 e. The average Bonchev–Trinajstić information content (AvgIpc) is 3.14. The second-order valence-electron chi connectivity index (χ2n) is 5.83. The Labute approximate surface area is 140 Å². The zero-order valence-electron chi connectivity index (χ0n) is 13.8. The number of aromatic nitrogens is 2. The summed E-state index contributed by atoms with van der Waals surface area (Å²) in [6, 6.07) is 6.04. The van der Waals surface area contributed by atoms with Gasteiger partial charge in [0.15, 0.2) is 5.13 Å². The van der Waals surface area contributed by atoms with Gasteiger partial charge in [0.05, 0.1) is 17.4 Å². The number of hydrogen-bond acceptors (Lipinski definition) is 5. The highest BCUT2D eigenvalue weighted by molar-refractivity contribution is 7.15. The Bertz CT molecular complexity index is 693. The van der Waals surface area contributed by atoms with Gasteiger partial charge in [-0.15, -0.1) is 11.3 Å². The molecule has 0 saturated carbocycles. The Hall–Kier alpha value is -1.95. The highest BCUT2D eigenvalue weighted by atomic mass is 32.1. The quantitative estimate of drug-likeness (QED) is 0.921. The van der Waals surface area contributed by atoms with Crippen molar-refractivity contribution >= 4 is 28.2 Å². The molecule has 0 spiro atoms. The number of carbonyl (C=O) groups excluding carboxylic acids is 1. The zero-order valence-corrected chi connectivity index (χ0v) is 14.6. The lowest BCUT2D eigenvalue weighted by atomic mass is 10.1. The van der Waals surface area contributed by atoms with Gasteiger partial charge in [-0.25, -0.2) is 9.97 Å². The predicted octanol–water partition coefficient (Wildman–Crippen LogP) is 3.97. The number of carbonyl (C=O) groups is 1. The van der Waals surface area contributed by atoms with Gasteiger partial charge < -0.3 is 10.2 Å². The maximum atomic E-state index is 12.1. The maximum absolute atomic E-state index is 12.1. The topological polar surface area (TPSA) is 58.1 Å². The number of nitrogens with one attached hydrogen (secondary N) is 1. The minimum atomic E-state index is 0.101. The van der Waals surface area contributed by atoms with Gasteiger partial charge in [-0.3, -0.25) is 4.79 Å². The van der Waals surface area contributed by atoms with Crippen molar-refractivity contribution in [1.29, 1.82) is 0 Å². The molecule has 0 aromatic carbocycles. The molecular formula is C17H22N4OS. The van der Waals surface area contributed by atoms with Crippen LogP contribution in [0.3, 0.4) is 0 Å². The molecule has 0 unspecified atom stereocenters. The lowest BCUT2D eigenvalue weighted by molar-refractivity contribution is -0.131. The number of aryl methyl sites for hydroxylation is 2. The Morgan fingerprint density at radius 2 is 2.22 bits per heavy atom. The summed E-state index contributed by atoms with van der Waals surface area (Å²) < 4.78 is 0. The van der Waals surface area contributed by atoms with Crippen LogP contribution >= 0.6 is 11.3 Å². The molecule has 1 aliphatic heterocycles. The van der Waals surface area contributed by atoms with Gasteiger partial charge in [-0.2, -0.15) is 0 Å². The van der Waals surface area contributed by atoms with E-state index >= 15 is 0 Å². The molecule has 0 radical (unpaired) electrons. The van der Waals surface area contributed by atoms with Crippen LogP contribution in [0.25, 0.3) is 0 Å². The summed E-state index contributed by atoms with van der Waals surface area (Å²) in [6.45, 7) is 6.82. The normalized spacial score (nSPS) is 17.5. The van der Waals surface area contributed by atoms with Crippen LogP contribution in [0.2, 0.25) is 0 Å². The van der Waals surface area contributed by atoms with Crippen LogP contribution in [-0.4, -0.2) is 27.3 Å². The highest BCUT2D eigenvalue weighted by Gasteiger charge is 2.30. The molecule has 2 aromatic heterocycles. The van der Waals surface area contributed by atoms with E-state index in [0.717, 1.165) is 41.7 Å². The number of hydrogen-bond donors (Lipinski definition) is 1. The van der Waals surface area contributed by atoms with E-state index in [0.29, 0.717) is 6.42 Å². The summed E-state index contributed by atoms with van der Waals surface area (Å²) in [5.74, 6) is 0.992. The Morgan fingerprint density at radius 1 is 1.39 bits per heavy atom. The molecule has 1 atom stereocenters. The molecule has 0 bridgehead atoms. The average molecular weight is 330 g/mol. The third-order valence-corrected chi connectivity index (χ3v) is 5.24. The van der Waals surface area contributed by atoms with Crippen molar-refractivity contribution in [3.05, 3.63) is 34.5 Å². The van der Waals surface area contributed by atoms with E-state index in [2.05, 4.69) is 17.2 Å². The molecular weight excluding hydrogens is 308 g/mol. The van der Waals surface area contributed by atoms with Crippen molar-refractivity contribution in [2.45, 2.75) is 46.1 Å². The fourth-order valence-corrected chi connectivity index (χ4v) is 3.74. The molecule has 3 heterocycles. The first-order valence-electron chi connectivity index (χ1n) is 8.06. The van der Waals surface area contributed by atoms with E-state index in [1.165, 1.54) is 4.88 Å². The summed E-state index contributed by atoms with van der Waals surface area (Å²) >= 11 is 1.63. The molecule has 5 nitrogen and oxygen atoms in total. The fourth-order valence-electron chi connectivity index (χ4n) is 2.92. The maximum Gasteiger partial charge on any atom is 0.222 e. The summed E-state index contributed by atoms with van der Waals surface area (Å²) in [5, 5.41) is 4.14. The number of thiazole rings is 1. The third-order valence-electron chi connectivity index (χ3n) is 4.25. The van der Waals surface area contributed by atoms with Crippen LogP contribution < -0.4 is 5.32 Å². The molecule has 122 valence electrons. The number of anilines is 2. The molecule has 1 N–H and O–H groups in total. The monoisotopic (exact) mass is 330 g/mol. The molecule has 3 rings (SSSR count). The smallest absolute Gasteiger partial charge is 0.222 e. The molecule has 1 fully saturated rings. The first kappa shape index (κ1) is 15.9. The summed E-state index contributed by atoms with van der Waals surface area (Å²) in [5.41, 5.74) is 2.00. The van der Waals surface area contributed by atoms with Crippen molar-refractivity contribution < 1.29 is 4.79 Å². The van der Waals surface area contributed by atoms with Gasteiger partial charge in [-0.05, 0) is 38.8 Å². The van der Waals surface area contributed by atoms with Crippen LogP contribution in [0.5, 0.6) is 0 Å². The number of amides is 1. The first-order valence-corrected chi connectivity index (χ1v) is 8.87. The van der Waals surface area contributed by atoms with E-state index in [1.807, 2.05) is 36.9 Å². The second kappa shape index (κ2) is 6.66. The lowest BCUT2D eigenvalue weighted by Crippen LogP contribution is -2.30. The molecule has 23 heavy (non-hydrogen) atoms. The second-order valence-corrected chi connectivity index (χ2v) is 7.04. The van der Waals surface area contributed by atoms with Gasteiger partial charge in [0.2, 0.25) is 5.91 Å². The summed E-state index contributed by atoms with van der Waals surface area (Å²) in [7, 11) is 0. The van der Waals surface area contributed by atoms with Gasteiger partial charge in [0, 0.05) is 17.8 Å². The van der Waals surface area contributed by atoms with Crippen LogP contribution in [0.4, 0.5) is 10.9 Å². The SMILES string of the molecule is CCC(=O)N1CCC[C@@H]1c1cccc(Nc2nc(C)c(C)s2)n1. The van der Waals surface area contributed by atoms with Gasteiger partial charge in [-0.1, -0.05) is 13.0 Å². The standard InChI is InChI=1S/C17H22N4OS/c1-4-16(22)21-10-6-8-14(21)13-7-5-9-15(19-13)20-17-18-11(2)12(3)23-17/h5,7,9,14H,4,6,8,10H2,1-3H3,(H,18,19,20)/t14-/m1/s1. The zero-order chi connectivity index (χ0) is 16.4. The lowest BCUT2D eigenvalue weighted by Gasteiger charge is -2.24. The first-order chi connectivity index (χ1) is 11.1. The van der Waals surface area contributed by atoms with Crippen molar-refractivity contribution in [1.82, 2.24) is 14.9 Å². The molecule has 0 aliphatic carbocycles. The van der Waals surface area contributed by atoms with Gasteiger partial charge in [0.1, 0.15) is 5.82 Å². The molecule has 6 heteroatoms. The number of nitrogens with zero attached hydrogens (tertiary/aromatic N) is 3. The van der Waals surface area contributed by atoms with E-state index in [9.17, 15) is 4.79 Å². The Morgan fingerprint density at radius 3 is 2.91 bits per heavy atom. The Balaban J connectivity index is 1.80. The van der Waals surface area contributed by atoms with Crippen LogP contribution in [0.15, 0.2) is 18.2 Å². The number of likely N-dealkylation sites (tertiary alicyclic amines) is 1. The molecule has 1 saturated heterocycles. The van der Waals surface area contributed by atoms with E-state index in [-0.39, 0.29) is 11.9 Å².